The second-order valence-corrected chi connectivity index (χ2v) is 5.08. The Balaban J connectivity index is 1.72. The van der Waals surface area contributed by atoms with Crippen LogP contribution in [0.15, 0.2) is 4.52 Å². The van der Waals surface area contributed by atoms with Crippen molar-refractivity contribution in [2.75, 3.05) is 26.7 Å². The highest BCUT2D eigenvalue weighted by Gasteiger charge is 2.25. The Kier molecular flexibility index (Phi) is 2.69. The second-order valence-electron chi connectivity index (χ2n) is 5.08. The molecule has 0 bridgehead atoms. The van der Waals surface area contributed by atoms with Gasteiger partial charge in [0.1, 0.15) is 11.5 Å². The first kappa shape index (κ1) is 10.3. The van der Waals surface area contributed by atoms with E-state index < -0.39 is 0 Å². The lowest BCUT2D eigenvalue weighted by Gasteiger charge is -2.13. The number of rotatable bonds is 2. The normalized spacial score (nSPS) is 25.9. The fraction of sp³-hybridized carbons (Fsp3) is 0.750. The van der Waals surface area contributed by atoms with Crippen molar-refractivity contribution in [1.29, 1.82) is 0 Å². The molecular formula is C12H19N3O. The van der Waals surface area contributed by atoms with Gasteiger partial charge in [-0.05, 0) is 38.9 Å². The van der Waals surface area contributed by atoms with Crippen molar-refractivity contribution in [2.45, 2.75) is 25.8 Å². The minimum Gasteiger partial charge on any atom is -0.361 e. The van der Waals surface area contributed by atoms with E-state index in [1.54, 1.807) is 0 Å². The molecule has 4 heteroatoms. The van der Waals surface area contributed by atoms with Gasteiger partial charge in [-0.25, -0.2) is 0 Å². The number of nitrogens with one attached hydrogen (secondary N) is 1. The van der Waals surface area contributed by atoms with Crippen LogP contribution in [-0.2, 0) is 19.4 Å². The molecule has 0 radical (unpaired) electrons. The van der Waals surface area contributed by atoms with Crippen molar-refractivity contribution < 1.29 is 4.52 Å². The highest BCUT2D eigenvalue weighted by Crippen LogP contribution is 2.24. The van der Waals surface area contributed by atoms with Crippen LogP contribution < -0.4 is 5.32 Å². The Morgan fingerprint density at radius 2 is 2.50 bits per heavy atom. The van der Waals surface area contributed by atoms with Crippen LogP contribution in [0.5, 0.6) is 0 Å². The molecule has 1 aromatic rings. The summed E-state index contributed by atoms with van der Waals surface area (Å²) in [6, 6.07) is 0. The van der Waals surface area contributed by atoms with Gasteiger partial charge in [0.05, 0.1) is 0 Å². The fourth-order valence-electron chi connectivity index (χ4n) is 2.84. The van der Waals surface area contributed by atoms with E-state index in [0.29, 0.717) is 0 Å². The Bertz CT molecular complexity index is 374. The molecule has 0 amide bonds. The molecule has 16 heavy (non-hydrogen) atoms. The molecule has 0 spiro atoms. The van der Waals surface area contributed by atoms with Crippen molar-refractivity contribution in [1.82, 2.24) is 15.4 Å². The van der Waals surface area contributed by atoms with Gasteiger partial charge in [-0.2, -0.15) is 0 Å². The highest BCUT2D eigenvalue weighted by atomic mass is 16.5. The lowest BCUT2D eigenvalue weighted by Crippen LogP contribution is -2.24. The van der Waals surface area contributed by atoms with Crippen LogP contribution in [-0.4, -0.2) is 36.7 Å². The molecular weight excluding hydrogens is 202 g/mol. The summed E-state index contributed by atoms with van der Waals surface area (Å²) in [5.41, 5.74) is 2.51. The first-order valence-electron chi connectivity index (χ1n) is 6.18. The molecule has 1 fully saturated rings. The summed E-state index contributed by atoms with van der Waals surface area (Å²) in [5, 5.41) is 7.49. The van der Waals surface area contributed by atoms with E-state index >= 15 is 0 Å². The molecule has 1 N–H and O–H groups in total. The first-order valence-corrected chi connectivity index (χ1v) is 6.18. The highest BCUT2D eigenvalue weighted by molar-refractivity contribution is 5.25. The van der Waals surface area contributed by atoms with E-state index in [2.05, 4.69) is 22.4 Å². The fourth-order valence-corrected chi connectivity index (χ4v) is 2.84. The molecule has 1 unspecified atom stereocenters. The summed E-state index contributed by atoms with van der Waals surface area (Å²) >= 11 is 0. The summed E-state index contributed by atoms with van der Waals surface area (Å²) in [6.07, 6.45) is 3.45. The maximum absolute atomic E-state index is 5.51. The average Bonchev–Trinajstić information content (AvgIpc) is 2.87. The largest absolute Gasteiger partial charge is 0.361 e. The maximum atomic E-state index is 5.51. The number of likely N-dealkylation sites (tertiary alicyclic amines) is 1. The SMILES string of the molecule is CN1CCC(Cc2onc3c2CCNC3)C1. The Hall–Kier alpha value is -0.870. The number of nitrogens with zero attached hydrogens (tertiary/aromatic N) is 2. The van der Waals surface area contributed by atoms with Crippen molar-refractivity contribution in [3.8, 4) is 0 Å². The van der Waals surface area contributed by atoms with Crippen LogP contribution >= 0.6 is 0 Å². The topological polar surface area (TPSA) is 41.3 Å². The third-order valence-corrected chi connectivity index (χ3v) is 3.76. The molecule has 3 heterocycles. The molecule has 0 aliphatic carbocycles. The predicted octanol–water partition coefficient (Wildman–Crippen LogP) is 0.814. The van der Waals surface area contributed by atoms with E-state index in [1.807, 2.05) is 0 Å². The minimum atomic E-state index is 0.761. The Morgan fingerprint density at radius 3 is 3.31 bits per heavy atom. The maximum Gasteiger partial charge on any atom is 0.140 e. The summed E-state index contributed by atoms with van der Waals surface area (Å²) in [7, 11) is 2.19. The van der Waals surface area contributed by atoms with Crippen molar-refractivity contribution >= 4 is 0 Å². The average molecular weight is 221 g/mol. The summed E-state index contributed by atoms with van der Waals surface area (Å²) in [5.74, 6) is 1.91. The zero-order valence-electron chi connectivity index (χ0n) is 9.83. The molecule has 0 aromatic carbocycles. The van der Waals surface area contributed by atoms with Gasteiger partial charge in [0.15, 0.2) is 0 Å². The molecule has 2 aliphatic rings. The summed E-state index contributed by atoms with van der Waals surface area (Å²) < 4.78 is 5.51. The standard InChI is InChI=1S/C12H19N3O/c1-15-5-3-9(8-15)6-12-10-2-4-13-7-11(10)14-16-12/h9,13H,2-8H2,1H3. The van der Waals surface area contributed by atoms with E-state index in [-0.39, 0.29) is 0 Å². The molecule has 0 saturated carbocycles. The van der Waals surface area contributed by atoms with Crippen molar-refractivity contribution in [3.05, 3.63) is 17.0 Å². The minimum absolute atomic E-state index is 0.761. The smallest absolute Gasteiger partial charge is 0.140 e. The summed E-state index contributed by atoms with van der Waals surface area (Å²) in [6.45, 7) is 4.37. The van der Waals surface area contributed by atoms with Gasteiger partial charge in [0, 0.05) is 25.1 Å². The summed E-state index contributed by atoms with van der Waals surface area (Å²) in [4.78, 5) is 2.40. The van der Waals surface area contributed by atoms with Crippen LogP contribution in [0.25, 0.3) is 0 Å². The Labute approximate surface area is 96.0 Å². The molecule has 2 aliphatic heterocycles. The molecule has 88 valence electrons. The monoisotopic (exact) mass is 221 g/mol. The number of aromatic nitrogens is 1. The van der Waals surface area contributed by atoms with Gasteiger partial charge in [-0.1, -0.05) is 5.16 Å². The lowest BCUT2D eigenvalue weighted by molar-refractivity contribution is 0.345. The van der Waals surface area contributed by atoms with Gasteiger partial charge in [-0.15, -0.1) is 0 Å². The van der Waals surface area contributed by atoms with E-state index in [1.165, 1.54) is 25.1 Å². The van der Waals surface area contributed by atoms with Crippen LogP contribution in [0.1, 0.15) is 23.4 Å². The van der Waals surface area contributed by atoms with E-state index in [0.717, 1.165) is 43.3 Å². The van der Waals surface area contributed by atoms with Crippen LogP contribution in [0.4, 0.5) is 0 Å². The van der Waals surface area contributed by atoms with Crippen LogP contribution in [0.3, 0.4) is 0 Å². The molecule has 3 rings (SSSR count). The predicted molar refractivity (Wildman–Crippen MR) is 61.2 cm³/mol. The van der Waals surface area contributed by atoms with Gasteiger partial charge in [-0.3, -0.25) is 0 Å². The number of fused-ring (bicyclic) bond motifs is 1. The van der Waals surface area contributed by atoms with Crippen molar-refractivity contribution in [3.63, 3.8) is 0 Å². The van der Waals surface area contributed by atoms with Crippen molar-refractivity contribution in [2.24, 2.45) is 5.92 Å². The van der Waals surface area contributed by atoms with Gasteiger partial charge >= 0.3 is 0 Å². The third kappa shape index (κ3) is 1.87. The lowest BCUT2D eigenvalue weighted by atomic mass is 9.97. The zero-order chi connectivity index (χ0) is 11.0. The second kappa shape index (κ2) is 4.18. The molecule has 4 nitrogen and oxygen atoms in total. The first-order chi connectivity index (χ1) is 7.83. The van der Waals surface area contributed by atoms with Gasteiger partial charge < -0.3 is 14.7 Å². The third-order valence-electron chi connectivity index (χ3n) is 3.76. The van der Waals surface area contributed by atoms with E-state index in [4.69, 9.17) is 4.52 Å². The molecule has 1 saturated heterocycles. The van der Waals surface area contributed by atoms with Crippen LogP contribution in [0, 0.1) is 5.92 Å². The van der Waals surface area contributed by atoms with Crippen LogP contribution in [0.2, 0.25) is 0 Å². The molecule has 1 atom stereocenters. The van der Waals surface area contributed by atoms with Gasteiger partial charge in [0.2, 0.25) is 0 Å². The van der Waals surface area contributed by atoms with E-state index in [9.17, 15) is 0 Å². The zero-order valence-corrected chi connectivity index (χ0v) is 9.83. The number of hydrogen-bond donors (Lipinski definition) is 1. The number of hydrogen-bond acceptors (Lipinski definition) is 4. The molecule has 1 aromatic heterocycles. The van der Waals surface area contributed by atoms with Gasteiger partial charge in [0.25, 0.3) is 0 Å². The quantitative estimate of drug-likeness (QED) is 0.802. The Morgan fingerprint density at radius 1 is 1.56 bits per heavy atom.